The van der Waals surface area contributed by atoms with Gasteiger partial charge in [0.05, 0.1) is 15.8 Å². The van der Waals surface area contributed by atoms with Crippen LogP contribution in [0.3, 0.4) is 0 Å². The molecule has 6 aromatic rings. The summed E-state index contributed by atoms with van der Waals surface area (Å²) in [4.78, 5) is 19.0. The molecule has 0 amide bonds. The van der Waals surface area contributed by atoms with Gasteiger partial charge in [0.1, 0.15) is 5.52 Å². The van der Waals surface area contributed by atoms with Crippen LogP contribution in [0.25, 0.3) is 54.4 Å². The van der Waals surface area contributed by atoms with Gasteiger partial charge in [0.25, 0.3) is 5.69 Å². The van der Waals surface area contributed by atoms with E-state index in [1.807, 2.05) is 0 Å². The van der Waals surface area contributed by atoms with Gasteiger partial charge in [-0.2, -0.15) is 13.1 Å². The Kier molecular flexibility index (Phi) is 9.06. The molecule has 0 aliphatic heterocycles. The minimum Gasteiger partial charge on any atom is -0.677 e. The molecule has 1 N–H and O–H groups in total. The van der Waals surface area contributed by atoms with Crippen molar-refractivity contribution in [2.24, 2.45) is 0 Å². The van der Waals surface area contributed by atoms with Crippen molar-refractivity contribution < 1.29 is 25.3 Å². The fourth-order valence-corrected chi connectivity index (χ4v) is 4.57. The number of nitrogens with one attached hydrogen (secondary N) is 1. The zero-order valence-corrected chi connectivity index (χ0v) is 22.0. The van der Waals surface area contributed by atoms with Crippen molar-refractivity contribution in [1.82, 2.24) is 9.97 Å². The van der Waals surface area contributed by atoms with Crippen molar-refractivity contribution in [1.29, 1.82) is 0 Å². The molecule has 0 radical (unpaired) electrons. The number of nitro benzene ring substituents is 1. The van der Waals surface area contributed by atoms with E-state index < -0.39 is 4.92 Å². The zero-order chi connectivity index (χ0) is 25.6. The summed E-state index contributed by atoms with van der Waals surface area (Å²) in [6, 6.07) is 27.7. The Balaban J connectivity index is 0.000000174. The zero-order valence-electron chi connectivity index (χ0n) is 20.5. The number of nitro groups is 1. The number of non-ortho nitro benzene ring substituents is 1. The van der Waals surface area contributed by atoms with Crippen LogP contribution < -0.4 is 0 Å². The van der Waals surface area contributed by atoms with E-state index in [-0.39, 0.29) is 26.1 Å². The van der Waals surface area contributed by atoms with Crippen LogP contribution >= 0.6 is 0 Å². The number of hydrogen-bond acceptors (Lipinski definition) is 4. The van der Waals surface area contributed by atoms with Crippen LogP contribution in [0.5, 0.6) is 0 Å². The number of benzene rings is 4. The minimum absolute atomic E-state index is 0. The molecule has 0 saturated carbocycles. The van der Waals surface area contributed by atoms with Gasteiger partial charge in [0.2, 0.25) is 0 Å². The maximum Gasteiger partial charge on any atom is 2.00 e. The molecule has 0 bridgehead atoms. The van der Waals surface area contributed by atoms with Crippen molar-refractivity contribution in [3.05, 3.63) is 124 Å². The average Bonchev–Trinajstić information content (AvgIpc) is 2.94. The SMILES string of the molecule is O=[N+]([O-])c1cc2cccnc2c2ncccc12.[NH-]CCC[N-]Cc1c2ccccc2cc2ccccc12.[Pd+2]. The molecule has 38 heavy (non-hydrogen) atoms. The monoisotopic (exact) mass is 593 g/mol. The van der Waals surface area contributed by atoms with Gasteiger partial charge in [0, 0.05) is 23.8 Å². The molecule has 8 heteroatoms. The Bertz CT molecular complexity index is 1670. The summed E-state index contributed by atoms with van der Waals surface area (Å²) < 4.78 is 0. The average molecular weight is 594 g/mol. The molecule has 2 aromatic heterocycles. The predicted molar refractivity (Wildman–Crippen MR) is 151 cm³/mol. The summed E-state index contributed by atoms with van der Waals surface area (Å²) in [5.74, 6) is 0. The van der Waals surface area contributed by atoms with E-state index in [2.05, 4.69) is 69.9 Å². The van der Waals surface area contributed by atoms with E-state index in [0.29, 0.717) is 23.0 Å². The first-order valence-electron chi connectivity index (χ1n) is 12.1. The molecule has 0 aliphatic rings. The third-order valence-electron chi connectivity index (χ3n) is 6.28. The molecule has 0 atom stereocenters. The predicted octanol–water partition coefficient (Wildman–Crippen LogP) is 8.00. The second-order valence-electron chi connectivity index (χ2n) is 8.63. The fourth-order valence-electron chi connectivity index (χ4n) is 4.57. The summed E-state index contributed by atoms with van der Waals surface area (Å²) >= 11 is 0. The second kappa shape index (κ2) is 12.6. The van der Waals surface area contributed by atoms with Crippen LogP contribution in [0.15, 0.2) is 97.3 Å². The molecule has 0 fully saturated rings. The van der Waals surface area contributed by atoms with Crippen molar-refractivity contribution in [3.8, 4) is 0 Å². The third-order valence-corrected chi connectivity index (χ3v) is 6.28. The molecule has 0 unspecified atom stereocenters. The smallest absolute Gasteiger partial charge is 0.677 e. The van der Waals surface area contributed by atoms with Crippen LogP contribution in [0.2, 0.25) is 0 Å². The van der Waals surface area contributed by atoms with E-state index in [0.717, 1.165) is 24.9 Å². The Morgan fingerprint density at radius 2 is 1.34 bits per heavy atom. The third kappa shape index (κ3) is 5.69. The topological polar surface area (TPSA) is 107 Å². The number of nitrogens with zero attached hydrogens (tertiary/aromatic N) is 4. The Hall–Kier alpha value is -3.80. The van der Waals surface area contributed by atoms with Gasteiger partial charge in [-0.3, -0.25) is 20.1 Å². The number of hydrogen-bond donors (Lipinski definition) is 0. The summed E-state index contributed by atoms with van der Waals surface area (Å²) in [6.45, 7) is 1.97. The van der Waals surface area contributed by atoms with Crippen LogP contribution in [-0.4, -0.2) is 28.0 Å². The molecule has 0 saturated heterocycles. The molecule has 192 valence electrons. The maximum atomic E-state index is 11.0. The molecule has 0 aliphatic carbocycles. The van der Waals surface area contributed by atoms with Gasteiger partial charge in [-0.1, -0.05) is 66.6 Å². The van der Waals surface area contributed by atoms with E-state index >= 15 is 0 Å². The molecule has 7 nitrogen and oxygen atoms in total. The Labute approximate surface area is 233 Å². The van der Waals surface area contributed by atoms with Gasteiger partial charge in [-0.25, -0.2) is 0 Å². The first-order chi connectivity index (χ1) is 18.2. The van der Waals surface area contributed by atoms with Gasteiger partial charge in [0.15, 0.2) is 0 Å². The maximum absolute atomic E-state index is 11.0. The standard InChI is InChI=1S/C18H18N2.C12H7N3O2.Pd/c19-10-5-11-20-13-18-16-8-3-1-6-14(16)12-15-7-2-4-9-17(15)18;16-15(17)10-7-8-3-1-5-13-11(8)12-9(10)4-2-6-14-12;/h1-4,6-9,12,19H,5,10-11,13H2;1-7H;/q-2;;+2. The second-order valence-corrected chi connectivity index (χ2v) is 8.63. The number of rotatable bonds is 6. The van der Waals surface area contributed by atoms with Crippen LogP contribution in [0, 0.1) is 10.1 Å². The van der Waals surface area contributed by atoms with E-state index in [9.17, 15) is 10.1 Å². The summed E-state index contributed by atoms with van der Waals surface area (Å²) in [5, 5.41) is 22.0. The normalized spacial score (nSPS) is 10.8. The van der Waals surface area contributed by atoms with Gasteiger partial charge >= 0.3 is 20.4 Å². The summed E-state index contributed by atoms with van der Waals surface area (Å²) in [7, 11) is 0. The fraction of sp³-hybridized carbons (Fsp3) is 0.133. The van der Waals surface area contributed by atoms with E-state index in [1.165, 1.54) is 33.2 Å². The van der Waals surface area contributed by atoms with Crippen molar-refractivity contribution in [2.75, 3.05) is 13.1 Å². The summed E-state index contributed by atoms with van der Waals surface area (Å²) in [6.07, 6.45) is 4.12. The molecular formula is C30H25N5O2Pd. The molecule has 0 spiro atoms. The first-order valence-corrected chi connectivity index (χ1v) is 12.1. The van der Waals surface area contributed by atoms with Crippen molar-refractivity contribution in [3.63, 3.8) is 0 Å². The number of aromatic nitrogens is 2. The number of pyridine rings is 2. The Morgan fingerprint density at radius 1 is 0.763 bits per heavy atom. The first kappa shape index (κ1) is 27.2. The van der Waals surface area contributed by atoms with Gasteiger partial charge in [-0.15, -0.1) is 6.54 Å². The van der Waals surface area contributed by atoms with Crippen LogP contribution in [-0.2, 0) is 27.0 Å². The van der Waals surface area contributed by atoms with Gasteiger partial charge < -0.3 is 11.1 Å². The molecular weight excluding hydrogens is 569 g/mol. The van der Waals surface area contributed by atoms with E-state index in [1.54, 1.807) is 36.7 Å². The van der Waals surface area contributed by atoms with Crippen LogP contribution in [0.1, 0.15) is 12.0 Å². The van der Waals surface area contributed by atoms with E-state index in [4.69, 9.17) is 5.73 Å². The molecule has 4 aromatic carbocycles. The Morgan fingerprint density at radius 3 is 2.00 bits per heavy atom. The molecule has 6 rings (SSSR count). The minimum atomic E-state index is -0.392. The molecule has 2 heterocycles. The van der Waals surface area contributed by atoms with Gasteiger partial charge in [-0.05, 0) is 45.8 Å². The largest absolute Gasteiger partial charge is 2.00 e. The number of fused-ring (bicyclic) bond motifs is 5. The van der Waals surface area contributed by atoms with Crippen molar-refractivity contribution in [2.45, 2.75) is 13.0 Å². The van der Waals surface area contributed by atoms with Crippen molar-refractivity contribution >= 4 is 49.0 Å². The van der Waals surface area contributed by atoms with Crippen LogP contribution in [0.4, 0.5) is 5.69 Å². The quantitative estimate of drug-likeness (QED) is 0.0487. The summed E-state index contributed by atoms with van der Waals surface area (Å²) in [5.41, 5.74) is 9.82.